The van der Waals surface area contributed by atoms with E-state index in [-0.39, 0.29) is 0 Å². The molecule has 9 atom stereocenters. The summed E-state index contributed by atoms with van der Waals surface area (Å²) in [4.78, 5) is 0. The van der Waals surface area contributed by atoms with Gasteiger partial charge in [0.15, 0.2) is 6.29 Å². The molecule has 0 amide bonds. The molecule has 0 aromatic heterocycles. The van der Waals surface area contributed by atoms with Crippen LogP contribution in [0.5, 0.6) is 0 Å². The van der Waals surface area contributed by atoms with Crippen LogP contribution in [0.3, 0.4) is 0 Å². The minimum absolute atomic E-state index is 0.669. The smallest absolute Gasteiger partial charge is 0.224 e. The number of aliphatic hydroxyl groups is 8. The average Bonchev–Trinajstić information content (AvgIpc) is 2.80. The van der Waals surface area contributed by atoms with Crippen LogP contribution in [0.4, 0.5) is 0 Å². The number of hydrogen-bond donors (Lipinski definition) is 8. The van der Waals surface area contributed by atoms with Crippen LogP contribution < -0.4 is 0 Å². The van der Waals surface area contributed by atoms with Gasteiger partial charge in [0.05, 0.1) is 13.2 Å². The summed E-state index contributed by atoms with van der Waals surface area (Å²) in [7, 11) is 0. The zero-order valence-electron chi connectivity index (χ0n) is 12.0. The Morgan fingerprint density at radius 3 is 1.87 bits per heavy atom. The molecule has 2 heterocycles. The van der Waals surface area contributed by atoms with E-state index < -0.39 is 74.6 Å². The van der Waals surface area contributed by atoms with Crippen molar-refractivity contribution in [1.29, 1.82) is 0 Å². The van der Waals surface area contributed by atoms with Crippen molar-refractivity contribution in [3.8, 4) is 0 Å². The van der Waals surface area contributed by atoms with Crippen molar-refractivity contribution in [2.45, 2.75) is 54.8 Å². The van der Waals surface area contributed by atoms with E-state index >= 15 is 0 Å². The molecule has 11 nitrogen and oxygen atoms in total. The number of hydrogen-bond acceptors (Lipinski definition) is 11. The van der Waals surface area contributed by atoms with E-state index in [4.69, 9.17) is 24.4 Å². The third kappa shape index (κ3) is 3.23. The normalized spacial score (nSPS) is 51.1. The van der Waals surface area contributed by atoms with Crippen molar-refractivity contribution in [2.24, 2.45) is 0 Å². The second-order valence-electron chi connectivity index (χ2n) is 5.56. The molecule has 0 aromatic carbocycles. The summed E-state index contributed by atoms with van der Waals surface area (Å²) in [5.74, 6) is -2.22. The van der Waals surface area contributed by atoms with Crippen LogP contribution >= 0.6 is 0 Å². The van der Waals surface area contributed by atoms with Gasteiger partial charge < -0.3 is 55.1 Å². The van der Waals surface area contributed by atoms with Gasteiger partial charge in [0.25, 0.3) is 0 Å². The maximum absolute atomic E-state index is 10.00. The molecule has 2 fully saturated rings. The van der Waals surface area contributed by atoms with Crippen molar-refractivity contribution in [2.75, 3.05) is 19.8 Å². The van der Waals surface area contributed by atoms with E-state index in [0.717, 1.165) is 0 Å². The van der Waals surface area contributed by atoms with E-state index in [2.05, 4.69) is 0 Å². The maximum Gasteiger partial charge on any atom is 0.224 e. The summed E-state index contributed by atoms with van der Waals surface area (Å²) < 4.78 is 15.4. The van der Waals surface area contributed by atoms with Gasteiger partial charge in [-0.3, -0.25) is 0 Å². The van der Waals surface area contributed by atoms with Gasteiger partial charge in [0.1, 0.15) is 49.3 Å². The number of aliphatic hydroxyl groups excluding tert-OH is 8. The standard InChI is InChI=1S/C12H22O11/c13-1-4-6(16)8(18)9(19)11(21-4)23-12(3-15)10(20)7(17)5(2-14)22-12/h4-11,13-20H,1-3H2/t4-,5+,6-,7-,8+,9-,10+,11?,12?/m1/s1. The summed E-state index contributed by atoms with van der Waals surface area (Å²) in [5.41, 5.74) is 0. The fraction of sp³-hybridized carbons (Fsp3) is 1.00. The molecule has 2 unspecified atom stereocenters. The lowest BCUT2D eigenvalue weighted by molar-refractivity contribution is -0.383. The Morgan fingerprint density at radius 2 is 1.39 bits per heavy atom. The van der Waals surface area contributed by atoms with Crippen molar-refractivity contribution < 1.29 is 55.1 Å². The largest absolute Gasteiger partial charge is 0.394 e. The average molecular weight is 342 g/mol. The zero-order chi connectivity index (χ0) is 17.4. The molecule has 8 N–H and O–H groups in total. The van der Waals surface area contributed by atoms with Crippen LogP contribution in [0, 0.1) is 0 Å². The Balaban J connectivity index is 2.18. The molecule has 0 bridgehead atoms. The monoisotopic (exact) mass is 342 g/mol. The van der Waals surface area contributed by atoms with Crippen LogP contribution in [0.2, 0.25) is 0 Å². The zero-order valence-corrected chi connectivity index (χ0v) is 12.0. The third-order valence-corrected chi connectivity index (χ3v) is 4.07. The molecular weight excluding hydrogens is 320 g/mol. The Bertz CT molecular complexity index is 393. The van der Waals surface area contributed by atoms with Gasteiger partial charge >= 0.3 is 0 Å². The van der Waals surface area contributed by atoms with Gasteiger partial charge in [-0.15, -0.1) is 0 Å². The summed E-state index contributed by atoms with van der Waals surface area (Å²) in [5, 5.41) is 76.7. The Labute approximate surface area is 130 Å². The van der Waals surface area contributed by atoms with Gasteiger partial charge in [-0.2, -0.15) is 0 Å². The molecule has 0 aliphatic carbocycles. The lowest BCUT2D eigenvalue weighted by atomic mass is 9.99. The molecule has 2 aliphatic heterocycles. The van der Waals surface area contributed by atoms with Crippen molar-refractivity contribution in [1.82, 2.24) is 0 Å². The highest BCUT2D eigenvalue weighted by Gasteiger charge is 2.58. The van der Waals surface area contributed by atoms with Gasteiger partial charge in [0.2, 0.25) is 5.79 Å². The maximum atomic E-state index is 10.00. The second-order valence-corrected chi connectivity index (χ2v) is 5.56. The van der Waals surface area contributed by atoms with Crippen LogP contribution in [0.1, 0.15) is 0 Å². The number of ether oxygens (including phenoxy) is 3. The fourth-order valence-corrected chi connectivity index (χ4v) is 2.63. The lowest BCUT2D eigenvalue weighted by Gasteiger charge is -2.43. The SMILES string of the molecule is OC[C@@H]1OC(CO)(OC2O[C@H](CO)[C@@H](O)[C@H](O)[C@H]2O)[C@@H](O)[C@@H]1O. The van der Waals surface area contributed by atoms with E-state index in [1.54, 1.807) is 0 Å². The molecule has 11 heteroatoms. The number of rotatable bonds is 5. The van der Waals surface area contributed by atoms with E-state index in [9.17, 15) is 30.6 Å². The Hall–Kier alpha value is -0.440. The molecule has 0 radical (unpaired) electrons. The highest BCUT2D eigenvalue weighted by atomic mass is 16.8. The van der Waals surface area contributed by atoms with Crippen LogP contribution in [0.15, 0.2) is 0 Å². The fourth-order valence-electron chi connectivity index (χ4n) is 2.63. The van der Waals surface area contributed by atoms with Gasteiger partial charge in [-0.25, -0.2) is 0 Å². The molecule has 0 spiro atoms. The van der Waals surface area contributed by atoms with E-state index in [1.165, 1.54) is 0 Å². The summed E-state index contributed by atoms with van der Waals surface area (Å²) in [6, 6.07) is 0. The van der Waals surface area contributed by atoms with Crippen LogP contribution in [-0.4, -0.2) is 115 Å². The first-order valence-electron chi connectivity index (χ1n) is 7.05. The molecule has 0 saturated carbocycles. The van der Waals surface area contributed by atoms with Crippen LogP contribution in [-0.2, 0) is 14.2 Å². The van der Waals surface area contributed by atoms with Gasteiger partial charge in [-0.1, -0.05) is 0 Å². The van der Waals surface area contributed by atoms with E-state index in [1.807, 2.05) is 0 Å². The topological polar surface area (TPSA) is 190 Å². The summed E-state index contributed by atoms with van der Waals surface area (Å²) in [6.45, 7) is -2.32. The quantitative estimate of drug-likeness (QED) is 0.238. The van der Waals surface area contributed by atoms with Crippen molar-refractivity contribution in [3.63, 3.8) is 0 Å². The Kier molecular flexibility index (Phi) is 5.92. The highest BCUT2D eigenvalue weighted by molar-refractivity contribution is 4.98. The van der Waals surface area contributed by atoms with Gasteiger partial charge in [0, 0.05) is 0 Å². The van der Waals surface area contributed by atoms with E-state index in [0.29, 0.717) is 0 Å². The predicted octanol–water partition coefficient (Wildman–Crippen LogP) is -5.40. The molecule has 23 heavy (non-hydrogen) atoms. The first kappa shape index (κ1) is 18.9. The molecule has 2 rings (SSSR count). The molecule has 136 valence electrons. The molecule has 2 aliphatic rings. The predicted molar refractivity (Wildman–Crippen MR) is 68.6 cm³/mol. The minimum Gasteiger partial charge on any atom is -0.394 e. The lowest BCUT2D eigenvalue weighted by Crippen LogP contribution is -2.62. The highest BCUT2D eigenvalue weighted by Crippen LogP contribution is 2.35. The van der Waals surface area contributed by atoms with Gasteiger partial charge in [-0.05, 0) is 0 Å². The van der Waals surface area contributed by atoms with Crippen LogP contribution in [0.25, 0.3) is 0 Å². The molecule has 2 saturated heterocycles. The Morgan fingerprint density at radius 1 is 0.783 bits per heavy atom. The van der Waals surface area contributed by atoms with Crippen molar-refractivity contribution in [3.05, 3.63) is 0 Å². The third-order valence-electron chi connectivity index (χ3n) is 4.07. The summed E-state index contributed by atoms with van der Waals surface area (Å²) in [6.07, 6.45) is -12.7. The first-order chi connectivity index (χ1) is 10.8. The molecular formula is C12H22O11. The first-order valence-corrected chi connectivity index (χ1v) is 7.05. The second kappa shape index (κ2) is 7.21. The minimum atomic E-state index is -2.22. The van der Waals surface area contributed by atoms with Crippen molar-refractivity contribution >= 4 is 0 Å². The summed E-state index contributed by atoms with van der Waals surface area (Å²) >= 11 is 0. The molecule has 0 aromatic rings.